The molecule has 1 aromatic rings. The van der Waals surface area contributed by atoms with E-state index in [2.05, 4.69) is 22.2 Å². The molecule has 3 atom stereocenters. The Morgan fingerprint density at radius 1 is 1.24 bits per heavy atom. The second-order valence-corrected chi connectivity index (χ2v) is 8.18. The Balaban J connectivity index is 0.00000240. The van der Waals surface area contributed by atoms with Crippen molar-refractivity contribution in [3.8, 4) is 0 Å². The summed E-state index contributed by atoms with van der Waals surface area (Å²) >= 11 is 0. The van der Waals surface area contributed by atoms with Crippen molar-refractivity contribution in [1.82, 2.24) is 20.2 Å². The maximum Gasteiger partial charge on any atom is 0.433 e. The second kappa shape index (κ2) is 7.91. The molecule has 3 fully saturated rings. The van der Waals surface area contributed by atoms with Gasteiger partial charge in [-0.25, -0.2) is 9.97 Å². The molecule has 4 rings (SSSR count). The van der Waals surface area contributed by atoms with Crippen molar-refractivity contribution in [2.75, 3.05) is 31.1 Å². The molecule has 162 valence electrons. The average molecular weight is 434 g/mol. The zero-order valence-corrected chi connectivity index (χ0v) is 17.4. The molecule has 1 N–H and O–H groups in total. The molecule has 3 aliphatic heterocycles. The molecule has 2 bridgehead atoms. The van der Waals surface area contributed by atoms with Crippen LogP contribution in [0.5, 0.6) is 0 Å². The number of hydrogen-bond donors (Lipinski definition) is 1. The number of alkyl halides is 3. The molecule has 4 heterocycles. The number of halogens is 4. The van der Waals surface area contributed by atoms with Gasteiger partial charge in [-0.3, -0.25) is 4.79 Å². The number of nitrogens with zero attached hydrogens (tertiary/aromatic N) is 4. The molecule has 10 heteroatoms. The molecule has 0 saturated carbocycles. The first kappa shape index (κ1) is 22.1. The third-order valence-corrected chi connectivity index (χ3v) is 6.56. The Bertz CT molecular complexity index is 769. The molecule has 0 aromatic carbocycles. The third kappa shape index (κ3) is 3.91. The molecule has 1 aromatic heterocycles. The van der Waals surface area contributed by atoms with Gasteiger partial charge in [-0.1, -0.05) is 6.92 Å². The second-order valence-electron chi connectivity index (χ2n) is 8.18. The lowest BCUT2D eigenvalue weighted by molar-refractivity contribution is -0.144. The van der Waals surface area contributed by atoms with Gasteiger partial charge in [0.15, 0.2) is 0 Å². The van der Waals surface area contributed by atoms with E-state index < -0.39 is 11.9 Å². The van der Waals surface area contributed by atoms with Crippen molar-refractivity contribution in [1.29, 1.82) is 0 Å². The lowest BCUT2D eigenvalue weighted by Crippen LogP contribution is -2.56. The monoisotopic (exact) mass is 433 g/mol. The minimum Gasteiger partial charge on any atom is -0.339 e. The van der Waals surface area contributed by atoms with Gasteiger partial charge in [0, 0.05) is 44.0 Å². The van der Waals surface area contributed by atoms with Crippen LogP contribution in [0.4, 0.5) is 19.1 Å². The van der Waals surface area contributed by atoms with Crippen LogP contribution in [0, 0.1) is 12.3 Å². The Kier molecular flexibility index (Phi) is 6.02. The van der Waals surface area contributed by atoms with Crippen molar-refractivity contribution >= 4 is 24.3 Å². The van der Waals surface area contributed by atoms with Crippen LogP contribution in [0.25, 0.3) is 0 Å². The molecule has 0 unspecified atom stereocenters. The topological polar surface area (TPSA) is 61.4 Å². The summed E-state index contributed by atoms with van der Waals surface area (Å²) in [6.45, 7) is 5.46. The van der Waals surface area contributed by atoms with Crippen molar-refractivity contribution in [2.45, 2.75) is 57.8 Å². The SMILES string of the molecule is CC[C@@]1(C(=O)N2CCN(c3nc(C)cc(C(F)(F)F)n3)CC2)C[C@@H]2CC[C@H]1N2.Cl. The summed E-state index contributed by atoms with van der Waals surface area (Å²) in [6.07, 6.45) is -0.608. The van der Waals surface area contributed by atoms with Crippen LogP contribution in [0.2, 0.25) is 0 Å². The number of piperazine rings is 1. The predicted molar refractivity (Wildman–Crippen MR) is 105 cm³/mol. The van der Waals surface area contributed by atoms with Crippen LogP contribution < -0.4 is 10.2 Å². The number of carbonyl (C=O) groups is 1. The van der Waals surface area contributed by atoms with E-state index in [1.807, 2.05) is 4.90 Å². The van der Waals surface area contributed by atoms with Gasteiger partial charge in [0.2, 0.25) is 11.9 Å². The first-order valence-electron chi connectivity index (χ1n) is 9.96. The van der Waals surface area contributed by atoms with Gasteiger partial charge in [-0.05, 0) is 38.7 Å². The molecule has 0 radical (unpaired) electrons. The standard InChI is InChI=1S/C19H26F3N5O.ClH/c1-3-18(11-13-4-5-14(18)24-13)16(28)26-6-8-27(9-7-26)17-23-12(2)10-15(25-17)19(20,21)22;/h10,13-14,24H,3-9,11H2,1-2H3;1H/t13-,14+,18+;/m0./s1. The van der Waals surface area contributed by atoms with Gasteiger partial charge < -0.3 is 15.1 Å². The zero-order chi connectivity index (χ0) is 20.1. The van der Waals surface area contributed by atoms with Gasteiger partial charge in [0.25, 0.3) is 0 Å². The highest BCUT2D eigenvalue weighted by Crippen LogP contribution is 2.47. The van der Waals surface area contributed by atoms with Gasteiger partial charge in [-0.2, -0.15) is 13.2 Å². The summed E-state index contributed by atoms with van der Waals surface area (Å²) in [5.41, 5.74) is -0.964. The fourth-order valence-corrected chi connectivity index (χ4v) is 5.04. The number of carbonyl (C=O) groups excluding carboxylic acids is 1. The largest absolute Gasteiger partial charge is 0.433 e. The summed E-state index contributed by atoms with van der Waals surface area (Å²) in [5, 5.41) is 3.57. The average Bonchev–Trinajstić information content (AvgIpc) is 3.28. The lowest BCUT2D eigenvalue weighted by atomic mass is 9.70. The number of aryl methyl sites for hydroxylation is 1. The highest BCUT2D eigenvalue weighted by atomic mass is 35.5. The Hall–Kier alpha value is -1.61. The normalized spacial score (nSPS) is 29.1. The first-order chi connectivity index (χ1) is 13.2. The molecule has 0 spiro atoms. The van der Waals surface area contributed by atoms with Crippen LogP contribution in [0.15, 0.2) is 6.07 Å². The van der Waals surface area contributed by atoms with E-state index in [1.54, 1.807) is 4.90 Å². The summed E-state index contributed by atoms with van der Waals surface area (Å²) in [4.78, 5) is 24.8. The third-order valence-electron chi connectivity index (χ3n) is 6.56. The number of nitrogens with one attached hydrogen (secondary N) is 1. The van der Waals surface area contributed by atoms with Crippen LogP contribution >= 0.6 is 12.4 Å². The summed E-state index contributed by atoms with van der Waals surface area (Å²) in [5.74, 6) is 0.279. The smallest absolute Gasteiger partial charge is 0.339 e. The highest BCUT2D eigenvalue weighted by molar-refractivity contribution is 5.85. The lowest BCUT2D eigenvalue weighted by Gasteiger charge is -2.42. The Morgan fingerprint density at radius 2 is 1.93 bits per heavy atom. The number of rotatable bonds is 3. The minimum atomic E-state index is -4.50. The van der Waals surface area contributed by atoms with E-state index in [1.165, 1.54) is 6.92 Å². The quantitative estimate of drug-likeness (QED) is 0.794. The maximum absolute atomic E-state index is 13.3. The number of amides is 1. The Labute approximate surface area is 174 Å². The molecule has 1 amide bonds. The van der Waals surface area contributed by atoms with Crippen LogP contribution in [-0.4, -0.2) is 59.0 Å². The molecule has 0 aliphatic carbocycles. The van der Waals surface area contributed by atoms with Crippen LogP contribution in [0.3, 0.4) is 0 Å². The van der Waals surface area contributed by atoms with Gasteiger partial charge >= 0.3 is 6.18 Å². The number of fused-ring (bicyclic) bond motifs is 2. The van der Waals surface area contributed by atoms with Crippen LogP contribution in [0.1, 0.15) is 44.0 Å². The van der Waals surface area contributed by atoms with E-state index in [0.29, 0.717) is 32.2 Å². The number of aromatic nitrogens is 2. The number of hydrogen-bond acceptors (Lipinski definition) is 5. The Morgan fingerprint density at radius 3 is 2.45 bits per heavy atom. The summed E-state index contributed by atoms with van der Waals surface area (Å²) in [7, 11) is 0. The highest BCUT2D eigenvalue weighted by Gasteiger charge is 2.55. The maximum atomic E-state index is 13.3. The van der Waals surface area contributed by atoms with Gasteiger partial charge in [-0.15, -0.1) is 12.4 Å². The summed E-state index contributed by atoms with van der Waals surface area (Å²) in [6, 6.07) is 1.65. The number of anilines is 1. The van der Waals surface area contributed by atoms with Gasteiger partial charge in [0.1, 0.15) is 5.69 Å². The van der Waals surface area contributed by atoms with Crippen LogP contribution in [-0.2, 0) is 11.0 Å². The molecule has 3 saturated heterocycles. The van der Waals surface area contributed by atoms with Crippen molar-refractivity contribution in [2.24, 2.45) is 5.41 Å². The minimum absolute atomic E-state index is 0. The van der Waals surface area contributed by atoms with Gasteiger partial charge in [0.05, 0.1) is 5.41 Å². The molecular weight excluding hydrogens is 407 g/mol. The molecule has 3 aliphatic rings. The van der Waals surface area contributed by atoms with E-state index in [0.717, 1.165) is 31.7 Å². The van der Waals surface area contributed by atoms with E-state index in [-0.39, 0.29) is 41.4 Å². The van der Waals surface area contributed by atoms with E-state index in [9.17, 15) is 18.0 Å². The van der Waals surface area contributed by atoms with Crippen molar-refractivity contribution in [3.63, 3.8) is 0 Å². The van der Waals surface area contributed by atoms with Crippen molar-refractivity contribution in [3.05, 3.63) is 17.5 Å². The molecule has 29 heavy (non-hydrogen) atoms. The molecule has 6 nitrogen and oxygen atoms in total. The first-order valence-corrected chi connectivity index (χ1v) is 9.96. The van der Waals surface area contributed by atoms with E-state index >= 15 is 0 Å². The fraction of sp³-hybridized carbons (Fsp3) is 0.737. The van der Waals surface area contributed by atoms with E-state index in [4.69, 9.17) is 0 Å². The zero-order valence-electron chi connectivity index (χ0n) is 16.6. The molecular formula is C19H27ClF3N5O. The fourth-order valence-electron chi connectivity index (χ4n) is 5.04. The summed E-state index contributed by atoms with van der Waals surface area (Å²) < 4.78 is 39.1. The van der Waals surface area contributed by atoms with Crippen molar-refractivity contribution < 1.29 is 18.0 Å². The predicted octanol–water partition coefficient (Wildman–Crippen LogP) is 2.79.